The smallest absolute Gasteiger partial charge is 0.0594 e. The van der Waals surface area contributed by atoms with Crippen molar-refractivity contribution < 1.29 is 4.74 Å². The van der Waals surface area contributed by atoms with Gasteiger partial charge >= 0.3 is 0 Å². The lowest BCUT2D eigenvalue weighted by molar-refractivity contribution is 0.0160. The normalized spacial score (nSPS) is 41.1. The Labute approximate surface area is 123 Å². The van der Waals surface area contributed by atoms with Crippen LogP contribution in [-0.4, -0.2) is 74.4 Å². The van der Waals surface area contributed by atoms with Crippen LogP contribution in [0, 0.1) is 5.92 Å². The van der Waals surface area contributed by atoms with Gasteiger partial charge in [-0.25, -0.2) is 0 Å². The highest BCUT2D eigenvalue weighted by Gasteiger charge is 2.37. The van der Waals surface area contributed by atoms with E-state index >= 15 is 0 Å². The zero-order valence-electron chi connectivity index (χ0n) is 13.2. The maximum absolute atomic E-state index is 5.49. The molecule has 4 nitrogen and oxygen atoms in total. The fourth-order valence-electron chi connectivity index (χ4n) is 4.40. The van der Waals surface area contributed by atoms with Crippen molar-refractivity contribution in [2.24, 2.45) is 5.92 Å². The van der Waals surface area contributed by atoms with E-state index < -0.39 is 0 Å². The van der Waals surface area contributed by atoms with Crippen LogP contribution in [0.3, 0.4) is 0 Å². The molecule has 1 saturated carbocycles. The quantitative estimate of drug-likeness (QED) is 0.840. The molecule has 0 radical (unpaired) electrons. The number of morpholine rings is 1. The molecular formula is C16H31N3O. The largest absolute Gasteiger partial charge is 0.379 e. The van der Waals surface area contributed by atoms with Gasteiger partial charge in [0, 0.05) is 44.3 Å². The van der Waals surface area contributed by atoms with Gasteiger partial charge in [-0.2, -0.15) is 0 Å². The van der Waals surface area contributed by atoms with E-state index in [1.54, 1.807) is 0 Å². The van der Waals surface area contributed by atoms with Gasteiger partial charge < -0.3 is 10.1 Å². The molecule has 3 fully saturated rings. The SMILES string of the molecule is CNC1CCC(C)CC1N1CCC(N2CCOCC2)C1. The molecular weight excluding hydrogens is 250 g/mol. The van der Waals surface area contributed by atoms with Crippen LogP contribution in [0.1, 0.15) is 32.6 Å². The van der Waals surface area contributed by atoms with Gasteiger partial charge in [-0.1, -0.05) is 6.92 Å². The molecule has 4 heteroatoms. The summed E-state index contributed by atoms with van der Waals surface area (Å²) in [6.07, 6.45) is 5.46. The van der Waals surface area contributed by atoms with Gasteiger partial charge in [-0.3, -0.25) is 9.80 Å². The second-order valence-corrected chi connectivity index (χ2v) is 6.97. The maximum atomic E-state index is 5.49. The fraction of sp³-hybridized carbons (Fsp3) is 1.00. The second kappa shape index (κ2) is 6.73. The van der Waals surface area contributed by atoms with Gasteiger partial charge in [0.05, 0.1) is 13.2 Å². The average Bonchev–Trinajstić information content (AvgIpc) is 2.98. The molecule has 3 aliphatic rings. The molecule has 1 aliphatic carbocycles. The number of likely N-dealkylation sites (N-methyl/N-ethyl adjacent to an activating group) is 1. The summed E-state index contributed by atoms with van der Waals surface area (Å²) in [5.74, 6) is 0.895. The Morgan fingerprint density at radius 3 is 2.55 bits per heavy atom. The first-order valence-electron chi connectivity index (χ1n) is 8.51. The third-order valence-corrected chi connectivity index (χ3v) is 5.68. The minimum absolute atomic E-state index is 0.703. The predicted octanol–water partition coefficient (Wildman–Crippen LogP) is 1.17. The van der Waals surface area contributed by atoms with Crippen LogP contribution in [0.2, 0.25) is 0 Å². The standard InChI is InChI=1S/C16H31N3O/c1-13-3-4-15(17-2)16(11-13)19-6-5-14(12-19)18-7-9-20-10-8-18/h13-17H,3-12H2,1-2H3. The number of hydrogen-bond donors (Lipinski definition) is 1. The van der Waals surface area contributed by atoms with Crippen LogP contribution in [0.15, 0.2) is 0 Å². The van der Waals surface area contributed by atoms with Gasteiger partial charge in [-0.15, -0.1) is 0 Å². The molecule has 0 aromatic carbocycles. The van der Waals surface area contributed by atoms with Gasteiger partial charge in [-0.05, 0) is 38.6 Å². The summed E-state index contributed by atoms with van der Waals surface area (Å²) >= 11 is 0. The Hall–Kier alpha value is -0.160. The fourth-order valence-corrected chi connectivity index (χ4v) is 4.40. The number of hydrogen-bond acceptors (Lipinski definition) is 4. The summed E-state index contributed by atoms with van der Waals surface area (Å²) in [5.41, 5.74) is 0. The number of likely N-dealkylation sites (tertiary alicyclic amines) is 1. The van der Waals surface area contributed by atoms with E-state index in [1.165, 1.54) is 38.8 Å². The zero-order chi connectivity index (χ0) is 13.9. The molecule has 2 heterocycles. The van der Waals surface area contributed by atoms with E-state index in [0.717, 1.165) is 44.3 Å². The minimum Gasteiger partial charge on any atom is -0.379 e. The van der Waals surface area contributed by atoms with Crippen LogP contribution in [0.4, 0.5) is 0 Å². The predicted molar refractivity (Wildman–Crippen MR) is 82.0 cm³/mol. The van der Waals surface area contributed by atoms with Crippen LogP contribution >= 0.6 is 0 Å². The van der Waals surface area contributed by atoms with E-state index in [2.05, 4.69) is 29.1 Å². The summed E-state index contributed by atoms with van der Waals surface area (Å²) in [4.78, 5) is 5.43. The molecule has 116 valence electrons. The molecule has 2 aliphatic heterocycles. The molecule has 1 N–H and O–H groups in total. The molecule has 3 rings (SSSR count). The van der Waals surface area contributed by atoms with E-state index in [9.17, 15) is 0 Å². The summed E-state index contributed by atoms with van der Waals surface area (Å²) in [5, 5.41) is 3.57. The Morgan fingerprint density at radius 2 is 1.80 bits per heavy atom. The van der Waals surface area contributed by atoms with Gasteiger partial charge in [0.15, 0.2) is 0 Å². The first-order chi connectivity index (χ1) is 9.78. The topological polar surface area (TPSA) is 27.7 Å². The first kappa shape index (κ1) is 14.8. The maximum Gasteiger partial charge on any atom is 0.0594 e. The molecule has 4 atom stereocenters. The van der Waals surface area contributed by atoms with Crippen molar-refractivity contribution in [3.8, 4) is 0 Å². The zero-order valence-corrected chi connectivity index (χ0v) is 13.2. The van der Waals surface area contributed by atoms with Gasteiger partial charge in [0.1, 0.15) is 0 Å². The molecule has 2 saturated heterocycles. The highest BCUT2D eigenvalue weighted by molar-refractivity contribution is 4.95. The third-order valence-electron chi connectivity index (χ3n) is 5.68. The number of nitrogens with zero attached hydrogens (tertiary/aromatic N) is 2. The summed E-state index contributed by atoms with van der Waals surface area (Å²) in [6, 6.07) is 2.23. The molecule has 0 bridgehead atoms. The van der Waals surface area contributed by atoms with Crippen molar-refractivity contribution in [3.63, 3.8) is 0 Å². The lowest BCUT2D eigenvalue weighted by Gasteiger charge is -2.41. The van der Waals surface area contributed by atoms with Crippen molar-refractivity contribution in [2.75, 3.05) is 46.4 Å². The number of rotatable bonds is 3. The minimum atomic E-state index is 0.703. The average molecular weight is 281 g/mol. The van der Waals surface area contributed by atoms with E-state index in [0.29, 0.717) is 6.04 Å². The van der Waals surface area contributed by atoms with Gasteiger partial charge in [0.2, 0.25) is 0 Å². The van der Waals surface area contributed by atoms with E-state index in [1.807, 2.05) is 0 Å². The highest BCUT2D eigenvalue weighted by atomic mass is 16.5. The molecule has 4 unspecified atom stereocenters. The summed E-state index contributed by atoms with van der Waals surface area (Å²) in [7, 11) is 2.14. The van der Waals surface area contributed by atoms with Crippen molar-refractivity contribution in [2.45, 2.75) is 50.7 Å². The van der Waals surface area contributed by atoms with Crippen LogP contribution in [0.5, 0.6) is 0 Å². The summed E-state index contributed by atoms with van der Waals surface area (Å²) < 4.78 is 5.49. The van der Waals surface area contributed by atoms with Crippen LogP contribution < -0.4 is 5.32 Å². The molecule has 0 aromatic rings. The Morgan fingerprint density at radius 1 is 1.00 bits per heavy atom. The second-order valence-electron chi connectivity index (χ2n) is 6.97. The van der Waals surface area contributed by atoms with Crippen LogP contribution in [0.25, 0.3) is 0 Å². The molecule has 0 amide bonds. The molecule has 0 aromatic heterocycles. The third kappa shape index (κ3) is 3.19. The first-order valence-corrected chi connectivity index (χ1v) is 8.51. The summed E-state index contributed by atoms with van der Waals surface area (Å²) in [6.45, 7) is 9.11. The molecule has 0 spiro atoms. The van der Waals surface area contributed by atoms with E-state index in [-0.39, 0.29) is 0 Å². The monoisotopic (exact) mass is 281 g/mol. The number of nitrogens with one attached hydrogen (secondary N) is 1. The molecule has 20 heavy (non-hydrogen) atoms. The van der Waals surface area contributed by atoms with Crippen molar-refractivity contribution in [3.05, 3.63) is 0 Å². The van der Waals surface area contributed by atoms with E-state index in [4.69, 9.17) is 4.74 Å². The highest BCUT2D eigenvalue weighted by Crippen LogP contribution is 2.30. The lowest BCUT2D eigenvalue weighted by Crippen LogP contribution is -2.52. The Kier molecular flexibility index (Phi) is 4.97. The van der Waals surface area contributed by atoms with Crippen molar-refractivity contribution >= 4 is 0 Å². The van der Waals surface area contributed by atoms with Gasteiger partial charge in [0.25, 0.3) is 0 Å². The van der Waals surface area contributed by atoms with Crippen molar-refractivity contribution in [1.82, 2.24) is 15.1 Å². The van der Waals surface area contributed by atoms with Crippen molar-refractivity contribution in [1.29, 1.82) is 0 Å². The number of ether oxygens (including phenoxy) is 1. The Bertz CT molecular complexity index is 306. The Balaban J connectivity index is 1.57. The lowest BCUT2D eigenvalue weighted by atomic mass is 9.82. The van der Waals surface area contributed by atoms with Crippen LogP contribution in [-0.2, 0) is 4.74 Å².